The lowest BCUT2D eigenvalue weighted by Gasteiger charge is -2.25. The van der Waals surface area contributed by atoms with E-state index in [1.54, 1.807) is 7.11 Å². The monoisotopic (exact) mass is 644 g/mol. The number of rotatable bonds is 16. The predicted octanol–water partition coefficient (Wildman–Crippen LogP) is 3.88. The molecule has 0 aromatic heterocycles. The smallest absolute Gasteiger partial charge is 0.251 e. The van der Waals surface area contributed by atoms with Crippen LogP contribution < -0.4 is 25.4 Å². The fourth-order valence-electron chi connectivity index (χ4n) is 4.77. The summed E-state index contributed by atoms with van der Waals surface area (Å²) >= 11 is 0. The summed E-state index contributed by atoms with van der Waals surface area (Å²) in [6.45, 7) is 2.39. The van der Waals surface area contributed by atoms with Crippen LogP contribution >= 0.6 is 0 Å². The van der Waals surface area contributed by atoms with E-state index < -0.39 is 34.0 Å². The Hall–Kier alpha value is -4.71. The van der Waals surface area contributed by atoms with Gasteiger partial charge < -0.3 is 25.8 Å². The standard InChI is InChI=1S/C35H40N4O6S/c1-3-46(43,44)39-30-20-28(34(41)37-23-26-13-8-5-9-14-26)19-29(21-30)35(42)38-32(18-25-11-6-4-7-12-25)33(40)24-36-22-27-15-10-16-31(17-27)45-2/h4-17,19-21,32-33,36,39-40H,3,18,22-24H2,1-2H3,(H,37,41)(H,38,42)/t32-,33+/m0/s1. The first-order valence-electron chi connectivity index (χ1n) is 15.0. The quantitative estimate of drug-likeness (QED) is 0.125. The third-order valence-electron chi connectivity index (χ3n) is 7.30. The van der Waals surface area contributed by atoms with Crippen LogP contribution in [0.15, 0.2) is 103 Å². The molecule has 0 saturated heterocycles. The van der Waals surface area contributed by atoms with E-state index in [0.717, 1.165) is 22.4 Å². The molecule has 10 nitrogen and oxygen atoms in total. The lowest BCUT2D eigenvalue weighted by atomic mass is 10.00. The van der Waals surface area contributed by atoms with Gasteiger partial charge in [0.25, 0.3) is 11.8 Å². The number of carbonyl (C=O) groups is 2. The molecule has 0 saturated carbocycles. The van der Waals surface area contributed by atoms with Gasteiger partial charge in [-0.3, -0.25) is 14.3 Å². The fraction of sp³-hybridized carbons (Fsp3) is 0.257. The Bertz CT molecular complexity index is 1700. The number of sulfonamides is 1. The number of methoxy groups -OCH3 is 1. The Morgan fingerprint density at radius 2 is 1.41 bits per heavy atom. The van der Waals surface area contributed by atoms with Crippen LogP contribution in [0.2, 0.25) is 0 Å². The highest BCUT2D eigenvalue weighted by Crippen LogP contribution is 2.19. The van der Waals surface area contributed by atoms with Crippen molar-refractivity contribution in [2.45, 2.75) is 38.6 Å². The second-order valence-corrected chi connectivity index (χ2v) is 12.8. The summed E-state index contributed by atoms with van der Waals surface area (Å²) in [6, 6.07) is 29.8. The first kappa shape index (κ1) is 34.2. The molecule has 242 valence electrons. The Labute approximate surface area is 270 Å². The molecular weight excluding hydrogens is 604 g/mol. The largest absolute Gasteiger partial charge is 0.497 e. The van der Waals surface area contributed by atoms with Gasteiger partial charge in [-0.15, -0.1) is 0 Å². The minimum atomic E-state index is -3.70. The van der Waals surface area contributed by atoms with E-state index in [9.17, 15) is 23.1 Å². The zero-order valence-electron chi connectivity index (χ0n) is 25.9. The Balaban J connectivity index is 1.54. The Morgan fingerprint density at radius 1 is 0.783 bits per heavy atom. The number of hydrogen-bond donors (Lipinski definition) is 5. The van der Waals surface area contributed by atoms with Crippen LogP contribution in [0.4, 0.5) is 5.69 Å². The van der Waals surface area contributed by atoms with Gasteiger partial charge in [0.2, 0.25) is 10.0 Å². The van der Waals surface area contributed by atoms with Crippen LogP contribution in [0.3, 0.4) is 0 Å². The average Bonchev–Trinajstić information content (AvgIpc) is 3.07. The van der Waals surface area contributed by atoms with E-state index in [0.29, 0.717) is 13.0 Å². The summed E-state index contributed by atoms with van der Waals surface area (Å²) in [5.74, 6) is -0.501. The number of aliphatic hydroxyl groups is 1. The van der Waals surface area contributed by atoms with Gasteiger partial charge in [-0.2, -0.15) is 0 Å². The molecule has 0 heterocycles. The van der Waals surface area contributed by atoms with Gasteiger partial charge in [0, 0.05) is 30.8 Å². The van der Waals surface area contributed by atoms with E-state index in [4.69, 9.17) is 4.74 Å². The third kappa shape index (κ3) is 10.4. The SMILES string of the molecule is CCS(=O)(=O)Nc1cc(C(=O)NCc2ccccc2)cc(C(=O)N[C@@H](Cc2ccccc2)[C@H](O)CNCc2cccc(OC)c2)c1. The maximum absolute atomic E-state index is 13.7. The van der Waals surface area contributed by atoms with Gasteiger partial charge in [-0.1, -0.05) is 72.8 Å². The van der Waals surface area contributed by atoms with Gasteiger partial charge in [0.15, 0.2) is 0 Å². The highest BCUT2D eigenvalue weighted by Gasteiger charge is 2.24. The first-order valence-corrected chi connectivity index (χ1v) is 16.6. The molecule has 5 N–H and O–H groups in total. The molecule has 2 atom stereocenters. The second kappa shape index (κ2) is 16.6. The third-order valence-corrected chi connectivity index (χ3v) is 8.61. The highest BCUT2D eigenvalue weighted by atomic mass is 32.2. The molecule has 0 bridgehead atoms. The van der Waals surface area contributed by atoms with Crippen molar-refractivity contribution in [3.8, 4) is 5.75 Å². The maximum Gasteiger partial charge on any atom is 0.251 e. The summed E-state index contributed by atoms with van der Waals surface area (Å²) in [4.78, 5) is 26.8. The van der Waals surface area contributed by atoms with E-state index in [2.05, 4.69) is 20.7 Å². The zero-order chi connectivity index (χ0) is 32.9. The summed E-state index contributed by atoms with van der Waals surface area (Å²) < 4.78 is 32.5. The van der Waals surface area contributed by atoms with Crippen molar-refractivity contribution in [3.05, 3.63) is 131 Å². The van der Waals surface area contributed by atoms with Crippen LogP contribution in [-0.4, -0.2) is 56.9 Å². The molecule has 0 aliphatic heterocycles. The Kier molecular flexibility index (Phi) is 12.3. The number of amides is 2. The van der Waals surface area contributed by atoms with Crippen LogP contribution in [0.1, 0.15) is 44.3 Å². The van der Waals surface area contributed by atoms with Crippen molar-refractivity contribution >= 4 is 27.5 Å². The second-order valence-electron chi connectivity index (χ2n) is 10.8. The highest BCUT2D eigenvalue weighted by molar-refractivity contribution is 7.92. The van der Waals surface area contributed by atoms with E-state index >= 15 is 0 Å². The van der Waals surface area contributed by atoms with Gasteiger partial charge in [0.1, 0.15) is 5.75 Å². The number of benzene rings is 4. The first-order chi connectivity index (χ1) is 22.2. The average molecular weight is 645 g/mol. The molecule has 0 aliphatic rings. The van der Waals surface area contributed by atoms with E-state index in [-0.39, 0.29) is 35.7 Å². The summed E-state index contributed by atoms with van der Waals surface area (Å²) in [7, 11) is -2.10. The van der Waals surface area contributed by atoms with Crippen molar-refractivity contribution in [2.75, 3.05) is 24.1 Å². The molecular formula is C35H40N4O6S. The molecule has 0 fully saturated rings. The zero-order valence-corrected chi connectivity index (χ0v) is 26.7. The maximum atomic E-state index is 13.7. The van der Waals surface area contributed by atoms with E-state index in [1.807, 2.05) is 84.9 Å². The minimum absolute atomic E-state index is 0.0655. The molecule has 2 amide bonds. The van der Waals surface area contributed by atoms with Crippen LogP contribution in [0, 0.1) is 0 Å². The molecule has 4 aromatic rings. The lowest BCUT2D eigenvalue weighted by molar-refractivity contribution is 0.0830. The van der Waals surface area contributed by atoms with Crippen molar-refractivity contribution in [3.63, 3.8) is 0 Å². The molecule has 4 rings (SSSR count). The molecule has 46 heavy (non-hydrogen) atoms. The van der Waals surface area contributed by atoms with Crippen molar-refractivity contribution in [2.24, 2.45) is 0 Å². The Morgan fingerprint density at radius 3 is 2.07 bits per heavy atom. The van der Waals surface area contributed by atoms with Gasteiger partial charge in [-0.05, 0) is 60.4 Å². The van der Waals surface area contributed by atoms with E-state index in [1.165, 1.54) is 25.1 Å². The number of anilines is 1. The molecule has 11 heteroatoms. The van der Waals surface area contributed by atoms with Crippen molar-refractivity contribution in [1.82, 2.24) is 16.0 Å². The molecule has 0 spiro atoms. The minimum Gasteiger partial charge on any atom is -0.497 e. The van der Waals surface area contributed by atoms with Gasteiger partial charge in [0.05, 0.1) is 30.7 Å². The van der Waals surface area contributed by atoms with Crippen LogP contribution in [0.5, 0.6) is 5.75 Å². The summed E-state index contributed by atoms with van der Waals surface area (Å²) in [6.07, 6.45) is -0.647. The summed E-state index contributed by atoms with van der Waals surface area (Å²) in [5, 5.41) is 20.2. The molecule has 0 unspecified atom stereocenters. The fourth-order valence-corrected chi connectivity index (χ4v) is 5.39. The summed E-state index contributed by atoms with van der Waals surface area (Å²) in [5.41, 5.74) is 3.02. The molecule has 0 radical (unpaired) electrons. The number of aliphatic hydroxyl groups excluding tert-OH is 1. The predicted molar refractivity (Wildman–Crippen MR) is 179 cm³/mol. The molecule has 4 aromatic carbocycles. The normalized spacial score (nSPS) is 12.5. The van der Waals surface area contributed by atoms with Gasteiger partial charge in [-0.25, -0.2) is 8.42 Å². The number of carbonyl (C=O) groups excluding carboxylic acids is 2. The van der Waals surface area contributed by atoms with Crippen LogP contribution in [0.25, 0.3) is 0 Å². The van der Waals surface area contributed by atoms with Crippen molar-refractivity contribution in [1.29, 1.82) is 0 Å². The van der Waals surface area contributed by atoms with Gasteiger partial charge >= 0.3 is 0 Å². The lowest BCUT2D eigenvalue weighted by Crippen LogP contribution is -2.48. The number of hydrogen-bond acceptors (Lipinski definition) is 7. The topological polar surface area (TPSA) is 146 Å². The number of nitrogens with one attached hydrogen (secondary N) is 4. The number of ether oxygens (including phenoxy) is 1. The van der Waals surface area contributed by atoms with Crippen LogP contribution in [-0.2, 0) is 29.5 Å². The molecule has 0 aliphatic carbocycles. The van der Waals surface area contributed by atoms with Crippen molar-refractivity contribution < 1.29 is 27.9 Å².